The van der Waals surface area contributed by atoms with Crippen LogP contribution < -0.4 is 10.6 Å². The first-order valence-corrected chi connectivity index (χ1v) is 7.47. The van der Waals surface area contributed by atoms with Crippen LogP contribution in [0.25, 0.3) is 0 Å². The van der Waals surface area contributed by atoms with E-state index >= 15 is 0 Å². The summed E-state index contributed by atoms with van der Waals surface area (Å²) < 4.78 is 0.899. The highest BCUT2D eigenvalue weighted by Gasteiger charge is 2.07. The number of amidine groups is 1. The molecule has 2 aromatic heterocycles. The molecule has 20 heavy (non-hydrogen) atoms. The molecule has 0 bridgehead atoms. The van der Waals surface area contributed by atoms with E-state index in [2.05, 4.69) is 20.3 Å². The van der Waals surface area contributed by atoms with Crippen LogP contribution >= 0.6 is 23.1 Å². The lowest BCUT2D eigenvalue weighted by molar-refractivity contribution is 0.318. The fourth-order valence-electron chi connectivity index (χ4n) is 1.34. The van der Waals surface area contributed by atoms with Gasteiger partial charge in [0.2, 0.25) is 5.13 Å². The number of oxime groups is 1. The molecule has 0 radical (unpaired) electrons. The summed E-state index contributed by atoms with van der Waals surface area (Å²) in [6.45, 7) is 0. The zero-order chi connectivity index (χ0) is 14.5. The summed E-state index contributed by atoms with van der Waals surface area (Å²) in [6, 6.07) is 3.67. The highest BCUT2D eigenvalue weighted by molar-refractivity contribution is 8.00. The molecule has 0 spiro atoms. The van der Waals surface area contributed by atoms with Gasteiger partial charge in [-0.1, -0.05) is 28.3 Å². The molecule has 0 aliphatic carbocycles. The van der Waals surface area contributed by atoms with Crippen LogP contribution in [0.4, 0.5) is 5.13 Å². The average molecular weight is 310 g/mol. The molecule has 0 saturated carbocycles. The first kappa shape index (κ1) is 14.5. The Morgan fingerprint density at radius 1 is 1.50 bits per heavy atom. The number of hydrogen-bond donors (Lipinski definition) is 2. The van der Waals surface area contributed by atoms with Gasteiger partial charge in [0.15, 0.2) is 10.2 Å². The molecule has 0 amide bonds. The van der Waals surface area contributed by atoms with E-state index in [0.29, 0.717) is 5.69 Å². The Kier molecular flexibility index (Phi) is 4.74. The van der Waals surface area contributed by atoms with E-state index in [4.69, 9.17) is 10.9 Å². The second kappa shape index (κ2) is 6.53. The van der Waals surface area contributed by atoms with Crippen molar-refractivity contribution in [2.24, 2.45) is 10.9 Å². The summed E-state index contributed by atoms with van der Waals surface area (Å²) in [5.41, 5.74) is 6.99. The van der Waals surface area contributed by atoms with E-state index in [1.807, 2.05) is 25.1 Å². The van der Waals surface area contributed by atoms with Crippen LogP contribution in [0.1, 0.15) is 11.3 Å². The van der Waals surface area contributed by atoms with Gasteiger partial charge < -0.3 is 15.8 Å². The predicted octanol–water partition coefficient (Wildman–Crippen LogP) is 1.39. The van der Waals surface area contributed by atoms with Crippen LogP contribution in [-0.2, 0) is 5.75 Å². The van der Waals surface area contributed by atoms with E-state index in [1.165, 1.54) is 11.3 Å². The van der Waals surface area contributed by atoms with Gasteiger partial charge in [0.1, 0.15) is 5.69 Å². The van der Waals surface area contributed by atoms with E-state index in [0.717, 1.165) is 20.8 Å². The lowest BCUT2D eigenvalue weighted by atomic mass is 10.2. The molecule has 0 aliphatic rings. The fraction of sp³-hybridized carbons (Fsp3) is 0.273. The molecule has 2 aromatic rings. The highest BCUT2D eigenvalue weighted by Crippen LogP contribution is 2.29. The van der Waals surface area contributed by atoms with Gasteiger partial charge in [0, 0.05) is 26.0 Å². The standard InChI is InChI=1S/C11H14N6OS2/c1-17(2)10-14-15-11(20-10)19-6-7-3-4-13-8(5-7)9(12)16-18/h3-5,18H,6H2,1-2H3,(H2,12,16). The molecular formula is C11H14N6OS2. The van der Waals surface area contributed by atoms with Gasteiger partial charge in [-0.3, -0.25) is 4.98 Å². The largest absolute Gasteiger partial charge is 0.409 e. The van der Waals surface area contributed by atoms with Crippen LogP contribution in [0.2, 0.25) is 0 Å². The Balaban J connectivity index is 2.03. The first-order chi connectivity index (χ1) is 9.60. The summed E-state index contributed by atoms with van der Waals surface area (Å²) in [7, 11) is 3.86. The second-order valence-corrected chi connectivity index (χ2v) is 6.25. The molecule has 0 fully saturated rings. The van der Waals surface area contributed by atoms with Gasteiger partial charge in [-0.15, -0.1) is 10.2 Å². The maximum atomic E-state index is 8.64. The van der Waals surface area contributed by atoms with Crippen LogP contribution in [0.15, 0.2) is 27.8 Å². The smallest absolute Gasteiger partial charge is 0.208 e. The van der Waals surface area contributed by atoms with Crippen molar-refractivity contribution >= 4 is 34.1 Å². The van der Waals surface area contributed by atoms with Gasteiger partial charge in [-0.25, -0.2) is 0 Å². The van der Waals surface area contributed by atoms with Crippen molar-refractivity contribution in [1.82, 2.24) is 15.2 Å². The van der Waals surface area contributed by atoms with Crippen molar-refractivity contribution in [1.29, 1.82) is 0 Å². The number of anilines is 1. The van der Waals surface area contributed by atoms with E-state index in [1.54, 1.807) is 24.0 Å². The second-order valence-electron chi connectivity index (χ2n) is 4.07. The Bertz CT molecular complexity index is 612. The minimum absolute atomic E-state index is 0.00246. The number of nitrogens with two attached hydrogens (primary N) is 1. The van der Waals surface area contributed by atoms with Crippen molar-refractivity contribution in [3.63, 3.8) is 0 Å². The number of rotatable bonds is 5. The third-order valence-corrected chi connectivity index (χ3v) is 4.63. The summed E-state index contributed by atoms with van der Waals surface area (Å²) in [5, 5.41) is 20.6. The fourth-order valence-corrected chi connectivity index (χ4v) is 3.05. The number of thioether (sulfide) groups is 1. The molecule has 0 aromatic carbocycles. The normalized spacial score (nSPS) is 11.6. The topological polar surface area (TPSA) is 101 Å². The van der Waals surface area contributed by atoms with Gasteiger partial charge in [-0.05, 0) is 17.7 Å². The molecule has 0 aliphatic heterocycles. The maximum absolute atomic E-state index is 8.64. The number of hydrogen-bond acceptors (Lipinski definition) is 8. The maximum Gasteiger partial charge on any atom is 0.208 e. The summed E-state index contributed by atoms with van der Waals surface area (Å²) in [5.74, 6) is 0.721. The Morgan fingerprint density at radius 2 is 2.30 bits per heavy atom. The molecule has 7 nitrogen and oxygen atoms in total. The summed E-state index contributed by atoms with van der Waals surface area (Å²) in [4.78, 5) is 5.96. The minimum Gasteiger partial charge on any atom is -0.409 e. The Labute approximate surface area is 124 Å². The highest BCUT2D eigenvalue weighted by atomic mass is 32.2. The lowest BCUT2D eigenvalue weighted by Gasteiger charge is -2.04. The zero-order valence-corrected chi connectivity index (χ0v) is 12.6. The van der Waals surface area contributed by atoms with Crippen molar-refractivity contribution < 1.29 is 5.21 Å². The molecule has 3 N–H and O–H groups in total. The van der Waals surface area contributed by atoms with Crippen molar-refractivity contribution in [3.8, 4) is 0 Å². The molecule has 9 heteroatoms. The molecule has 0 saturated heterocycles. The van der Waals surface area contributed by atoms with E-state index in [-0.39, 0.29) is 5.84 Å². The molecular weight excluding hydrogens is 296 g/mol. The van der Waals surface area contributed by atoms with Crippen LogP contribution in [0.5, 0.6) is 0 Å². The molecule has 2 heterocycles. The van der Waals surface area contributed by atoms with Crippen molar-refractivity contribution in [3.05, 3.63) is 29.6 Å². The predicted molar refractivity (Wildman–Crippen MR) is 80.5 cm³/mol. The Morgan fingerprint density at radius 3 is 2.95 bits per heavy atom. The van der Waals surface area contributed by atoms with E-state index < -0.39 is 0 Å². The lowest BCUT2D eigenvalue weighted by Crippen LogP contribution is -2.15. The molecule has 0 unspecified atom stereocenters. The number of nitrogens with zero attached hydrogens (tertiary/aromatic N) is 5. The van der Waals surface area contributed by atoms with E-state index in [9.17, 15) is 0 Å². The molecule has 106 valence electrons. The summed E-state index contributed by atoms with van der Waals surface area (Å²) >= 11 is 3.12. The molecule has 2 rings (SSSR count). The van der Waals surface area contributed by atoms with Gasteiger partial charge >= 0.3 is 0 Å². The minimum atomic E-state index is 0.00246. The monoisotopic (exact) mass is 310 g/mol. The van der Waals surface area contributed by atoms with Gasteiger partial charge in [0.05, 0.1) is 0 Å². The van der Waals surface area contributed by atoms with Gasteiger partial charge in [-0.2, -0.15) is 0 Å². The van der Waals surface area contributed by atoms with Crippen molar-refractivity contribution in [2.75, 3.05) is 19.0 Å². The summed E-state index contributed by atoms with van der Waals surface area (Å²) in [6.07, 6.45) is 1.63. The average Bonchev–Trinajstić information content (AvgIpc) is 2.93. The van der Waals surface area contributed by atoms with Crippen molar-refractivity contribution in [2.45, 2.75) is 10.1 Å². The van der Waals surface area contributed by atoms with Crippen LogP contribution in [-0.4, -0.2) is 40.3 Å². The first-order valence-electron chi connectivity index (χ1n) is 5.66. The number of pyridine rings is 1. The zero-order valence-electron chi connectivity index (χ0n) is 11.0. The Hall–Kier alpha value is -1.87. The number of aromatic nitrogens is 3. The third kappa shape index (κ3) is 3.58. The SMILES string of the molecule is CN(C)c1nnc(SCc2ccnc(C(N)=NO)c2)s1. The third-order valence-electron chi connectivity index (χ3n) is 2.34. The quantitative estimate of drug-likeness (QED) is 0.283. The van der Waals surface area contributed by atoms with Crippen LogP contribution in [0.3, 0.4) is 0 Å². The van der Waals surface area contributed by atoms with Gasteiger partial charge in [0.25, 0.3) is 0 Å². The van der Waals surface area contributed by atoms with Crippen LogP contribution in [0, 0.1) is 0 Å². The molecule has 0 atom stereocenters.